The summed E-state index contributed by atoms with van der Waals surface area (Å²) in [5.74, 6) is -0.497. The number of halogens is 1. The van der Waals surface area contributed by atoms with Crippen molar-refractivity contribution in [2.24, 2.45) is 0 Å². The number of aryl methyl sites for hydroxylation is 2. The van der Waals surface area contributed by atoms with Crippen LogP contribution < -0.4 is 21.3 Å². The average Bonchev–Trinajstić information content (AvgIpc) is 2.69. The normalized spacial score (nSPS) is 10.6. The molecule has 2 aromatic carbocycles. The van der Waals surface area contributed by atoms with E-state index < -0.39 is 23.0 Å². The highest BCUT2D eigenvalue weighted by Crippen LogP contribution is 2.15. The molecule has 3 rings (SSSR count). The van der Waals surface area contributed by atoms with E-state index >= 15 is 0 Å². The molecule has 0 fully saturated rings. The molecule has 156 valence electrons. The van der Waals surface area contributed by atoms with Crippen molar-refractivity contribution < 1.29 is 13.9 Å². The highest BCUT2D eigenvalue weighted by atomic mass is 19.1. The lowest BCUT2D eigenvalue weighted by Gasteiger charge is -2.10. The Hall–Kier alpha value is -3.68. The Balaban J connectivity index is 1.67. The van der Waals surface area contributed by atoms with Crippen LogP contribution in [0.2, 0.25) is 0 Å². The number of carbonyl (C=O) groups is 1. The van der Waals surface area contributed by atoms with Gasteiger partial charge in [0.15, 0.2) is 0 Å². The molecule has 1 aromatic heterocycles. The molecule has 1 heterocycles. The van der Waals surface area contributed by atoms with Crippen LogP contribution in [0.25, 0.3) is 0 Å². The summed E-state index contributed by atoms with van der Waals surface area (Å²) in [5, 5.41) is 2.59. The van der Waals surface area contributed by atoms with Crippen molar-refractivity contribution in [3.63, 3.8) is 0 Å². The molecule has 30 heavy (non-hydrogen) atoms. The number of ether oxygens (including phenoxy) is 1. The number of rotatable bonds is 7. The molecular weight excluding hydrogens is 389 g/mol. The average molecular weight is 411 g/mol. The number of aromatic nitrogens is 2. The lowest BCUT2D eigenvalue weighted by atomic mass is 10.1. The second kappa shape index (κ2) is 9.21. The lowest BCUT2D eigenvalue weighted by molar-refractivity contribution is 0.0944. The third kappa shape index (κ3) is 5.02. The Morgan fingerprint density at radius 1 is 1.13 bits per heavy atom. The second-order valence-corrected chi connectivity index (χ2v) is 6.92. The van der Waals surface area contributed by atoms with E-state index in [4.69, 9.17) is 4.74 Å². The number of nitrogens with zero attached hydrogens (tertiary/aromatic N) is 1. The smallest absolute Gasteiger partial charge is 0.328 e. The van der Waals surface area contributed by atoms with Gasteiger partial charge in [-0.25, -0.2) is 9.18 Å². The molecule has 2 N–H and O–H groups in total. The van der Waals surface area contributed by atoms with E-state index in [9.17, 15) is 18.8 Å². The van der Waals surface area contributed by atoms with E-state index in [1.165, 1.54) is 18.2 Å². The second-order valence-electron chi connectivity index (χ2n) is 6.92. The maximum atomic E-state index is 13.9. The molecule has 0 aliphatic carbocycles. The zero-order valence-electron chi connectivity index (χ0n) is 16.7. The summed E-state index contributed by atoms with van der Waals surface area (Å²) in [5.41, 5.74) is 0.546. The topological polar surface area (TPSA) is 93.2 Å². The minimum absolute atomic E-state index is 0.164. The largest absolute Gasteiger partial charge is 0.492 e. The molecule has 0 spiro atoms. The first-order chi connectivity index (χ1) is 14.3. The quantitative estimate of drug-likeness (QED) is 0.583. The molecule has 0 saturated carbocycles. The van der Waals surface area contributed by atoms with Crippen LogP contribution in [0.5, 0.6) is 5.75 Å². The van der Waals surface area contributed by atoms with E-state index in [-0.39, 0.29) is 30.8 Å². The van der Waals surface area contributed by atoms with Crippen molar-refractivity contribution in [2.75, 3.05) is 13.2 Å². The van der Waals surface area contributed by atoms with Gasteiger partial charge in [0.1, 0.15) is 23.7 Å². The summed E-state index contributed by atoms with van der Waals surface area (Å²) in [6, 6.07) is 11.6. The third-order valence-corrected chi connectivity index (χ3v) is 4.44. The summed E-state index contributed by atoms with van der Waals surface area (Å²) in [4.78, 5) is 39.4. The number of carbonyl (C=O) groups excluding carboxylic acids is 1. The van der Waals surface area contributed by atoms with Crippen LogP contribution in [0.4, 0.5) is 4.39 Å². The molecule has 0 unspecified atom stereocenters. The van der Waals surface area contributed by atoms with E-state index in [1.54, 1.807) is 6.07 Å². The van der Waals surface area contributed by atoms with Crippen LogP contribution in [0, 0.1) is 19.7 Å². The van der Waals surface area contributed by atoms with Gasteiger partial charge in [-0.2, -0.15) is 0 Å². The fraction of sp³-hybridized carbons (Fsp3) is 0.227. The van der Waals surface area contributed by atoms with Gasteiger partial charge in [0, 0.05) is 11.8 Å². The van der Waals surface area contributed by atoms with Gasteiger partial charge in [-0.15, -0.1) is 0 Å². The summed E-state index contributed by atoms with van der Waals surface area (Å²) in [6.07, 6.45) is 1.06. The van der Waals surface area contributed by atoms with E-state index in [2.05, 4.69) is 10.3 Å². The number of hydrogen-bond acceptors (Lipinski definition) is 4. The van der Waals surface area contributed by atoms with Crippen molar-refractivity contribution >= 4 is 5.91 Å². The summed E-state index contributed by atoms with van der Waals surface area (Å²) in [6.45, 7) is 4.02. The zero-order chi connectivity index (χ0) is 21.7. The Bertz CT molecular complexity index is 1160. The summed E-state index contributed by atoms with van der Waals surface area (Å²) in [7, 11) is 0. The first-order valence-electron chi connectivity index (χ1n) is 9.40. The number of hydrogen-bond donors (Lipinski definition) is 2. The summed E-state index contributed by atoms with van der Waals surface area (Å²) >= 11 is 0. The number of amides is 1. The van der Waals surface area contributed by atoms with Crippen LogP contribution in [-0.2, 0) is 6.54 Å². The first kappa shape index (κ1) is 21.0. The molecule has 7 nitrogen and oxygen atoms in total. The van der Waals surface area contributed by atoms with Gasteiger partial charge in [-0.05, 0) is 43.2 Å². The Labute approximate surface area is 172 Å². The highest BCUT2D eigenvalue weighted by molar-refractivity contribution is 5.93. The number of benzene rings is 2. The number of nitrogens with one attached hydrogen (secondary N) is 2. The van der Waals surface area contributed by atoms with E-state index in [1.807, 2.05) is 32.0 Å². The lowest BCUT2D eigenvalue weighted by Crippen LogP contribution is -2.41. The minimum Gasteiger partial charge on any atom is -0.492 e. The van der Waals surface area contributed by atoms with Crippen LogP contribution >= 0.6 is 0 Å². The molecule has 8 heteroatoms. The van der Waals surface area contributed by atoms with E-state index in [0.717, 1.165) is 21.9 Å². The maximum absolute atomic E-state index is 13.9. The predicted molar refractivity (Wildman–Crippen MR) is 111 cm³/mol. The Morgan fingerprint density at radius 3 is 2.53 bits per heavy atom. The van der Waals surface area contributed by atoms with Crippen molar-refractivity contribution in [3.05, 3.63) is 97.6 Å². The van der Waals surface area contributed by atoms with Crippen molar-refractivity contribution in [3.8, 4) is 5.75 Å². The van der Waals surface area contributed by atoms with Crippen LogP contribution in [0.15, 0.2) is 58.3 Å². The molecule has 0 aliphatic heterocycles. The van der Waals surface area contributed by atoms with Gasteiger partial charge >= 0.3 is 5.69 Å². The van der Waals surface area contributed by atoms with Crippen LogP contribution in [-0.4, -0.2) is 28.6 Å². The van der Waals surface area contributed by atoms with Gasteiger partial charge in [0.25, 0.3) is 11.5 Å². The van der Waals surface area contributed by atoms with E-state index in [0.29, 0.717) is 5.75 Å². The third-order valence-electron chi connectivity index (χ3n) is 4.44. The zero-order valence-corrected chi connectivity index (χ0v) is 16.7. The van der Waals surface area contributed by atoms with Gasteiger partial charge in [-0.1, -0.05) is 24.3 Å². The van der Waals surface area contributed by atoms with Gasteiger partial charge < -0.3 is 15.0 Å². The SMILES string of the molecule is Cc1cc(C)cc(OCCNC(=O)c2c[nH]c(=O)n(Cc3ccccc3F)c2=O)c1. The first-order valence-corrected chi connectivity index (χ1v) is 9.40. The fourth-order valence-corrected chi connectivity index (χ4v) is 3.06. The van der Waals surface area contributed by atoms with Gasteiger partial charge in [0.05, 0.1) is 13.1 Å². The number of H-pyrrole nitrogens is 1. The van der Waals surface area contributed by atoms with Crippen LogP contribution in [0.1, 0.15) is 27.0 Å². The monoisotopic (exact) mass is 411 g/mol. The van der Waals surface area contributed by atoms with Crippen LogP contribution in [0.3, 0.4) is 0 Å². The van der Waals surface area contributed by atoms with Crippen molar-refractivity contribution in [1.82, 2.24) is 14.9 Å². The molecule has 1 amide bonds. The molecule has 0 radical (unpaired) electrons. The Morgan fingerprint density at radius 2 is 1.83 bits per heavy atom. The summed E-state index contributed by atoms with van der Waals surface area (Å²) < 4.78 is 20.3. The maximum Gasteiger partial charge on any atom is 0.328 e. The highest BCUT2D eigenvalue weighted by Gasteiger charge is 2.15. The molecule has 3 aromatic rings. The Kier molecular flexibility index (Phi) is 6.46. The predicted octanol–water partition coefficient (Wildman–Crippen LogP) is 2.15. The van der Waals surface area contributed by atoms with Gasteiger partial charge in [0.2, 0.25) is 0 Å². The molecule has 0 saturated heterocycles. The van der Waals surface area contributed by atoms with Crippen molar-refractivity contribution in [2.45, 2.75) is 20.4 Å². The standard InChI is InChI=1S/C22H22FN3O4/c1-14-9-15(2)11-17(10-14)30-8-7-24-20(27)18-12-25-22(29)26(21(18)28)13-16-5-3-4-6-19(16)23/h3-6,9-12H,7-8,13H2,1-2H3,(H,24,27)(H,25,29). The molecule has 0 atom stereocenters. The molecule has 0 bridgehead atoms. The van der Waals surface area contributed by atoms with Crippen molar-refractivity contribution in [1.29, 1.82) is 0 Å². The fourth-order valence-electron chi connectivity index (χ4n) is 3.06. The van der Waals surface area contributed by atoms with Gasteiger partial charge in [-0.3, -0.25) is 14.2 Å². The minimum atomic E-state index is -0.797. The molecule has 0 aliphatic rings. The molecular formula is C22H22FN3O4. The number of aromatic amines is 1.